The highest BCUT2D eigenvalue weighted by Gasteiger charge is 2.32. The fourth-order valence-corrected chi connectivity index (χ4v) is 5.75. The molecule has 0 saturated carbocycles. The van der Waals surface area contributed by atoms with Gasteiger partial charge in [0.15, 0.2) is 0 Å². The van der Waals surface area contributed by atoms with Gasteiger partial charge in [0.2, 0.25) is 0 Å². The lowest BCUT2D eigenvalue weighted by Gasteiger charge is -2.35. The van der Waals surface area contributed by atoms with E-state index in [0.717, 1.165) is 24.0 Å². The molecule has 0 radical (unpaired) electrons. The van der Waals surface area contributed by atoms with Gasteiger partial charge >= 0.3 is 0 Å². The monoisotopic (exact) mass is 318 g/mol. The van der Waals surface area contributed by atoms with Crippen LogP contribution in [-0.4, -0.2) is 28.0 Å². The Hall–Kier alpha value is -0.300. The Balaban J connectivity index is 2.11. The van der Waals surface area contributed by atoms with Gasteiger partial charge in [0.25, 0.3) is 0 Å². The van der Waals surface area contributed by atoms with Crippen LogP contribution in [0, 0.1) is 11.6 Å². The van der Waals surface area contributed by atoms with E-state index in [4.69, 9.17) is 5.84 Å². The van der Waals surface area contributed by atoms with Gasteiger partial charge in [-0.3, -0.25) is 11.3 Å². The van der Waals surface area contributed by atoms with E-state index in [1.807, 2.05) is 23.5 Å². The molecule has 1 aromatic rings. The van der Waals surface area contributed by atoms with Gasteiger partial charge in [-0.25, -0.2) is 8.78 Å². The molecule has 0 aliphatic carbocycles. The van der Waals surface area contributed by atoms with Crippen molar-refractivity contribution in [1.82, 2.24) is 5.43 Å². The first-order valence-corrected chi connectivity index (χ1v) is 8.88. The van der Waals surface area contributed by atoms with Gasteiger partial charge in [0.05, 0.1) is 0 Å². The maximum Gasteiger partial charge on any atom is 0.129 e. The number of thioether (sulfide) groups is 2. The lowest BCUT2D eigenvalue weighted by Crippen LogP contribution is -2.49. The lowest BCUT2D eigenvalue weighted by atomic mass is 10.00. The summed E-state index contributed by atoms with van der Waals surface area (Å²) in [5, 5.41) is 0.881. The highest BCUT2D eigenvalue weighted by molar-refractivity contribution is 8.07. The Bertz CT molecular complexity index is 445. The maximum absolute atomic E-state index is 13.8. The molecule has 2 nitrogen and oxygen atoms in total. The molecule has 0 amide bonds. The molecule has 6 heteroatoms. The van der Waals surface area contributed by atoms with Crippen LogP contribution in [-0.2, 0) is 6.42 Å². The van der Waals surface area contributed by atoms with Crippen LogP contribution in [0.25, 0.3) is 0 Å². The van der Waals surface area contributed by atoms with Crippen molar-refractivity contribution in [3.63, 3.8) is 0 Å². The molecule has 1 aromatic carbocycles. The predicted molar refractivity (Wildman–Crippen MR) is 84.0 cm³/mol. The van der Waals surface area contributed by atoms with Crippen LogP contribution in [0.3, 0.4) is 0 Å². The number of halogens is 2. The zero-order valence-corrected chi connectivity index (χ0v) is 13.1. The second kappa shape index (κ2) is 7.64. The molecule has 0 bridgehead atoms. The van der Waals surface area contributed by atoms with Crippen LogP contribution in [0.4, 0.5) is 8.78 Å². The molecule has 112 valence electrons. The molecule has 3 atom stereocenters. The first-order chi connectivity index (χ1) is 9.65. The molecular formula is C14H20F2N2S2. The van der Waals surface area contributed by atoms with E-state index in [1.165, 1.54) is 12.1 Å². The summed E-state index contributed by atoms with van der Waals surface area (Å²) >= 11 is 3.86. The van der Waals surface area contributed by atoms with Gasteiger partial charge in [-0.2, -0.15) is 23.5 Å². The molecule has 0 aromatic heterocycles. The average Bonchev–Trinajstić information content (AvgIpc) is 2.46. The second-order valence-corrected chi connectivity index (χ2v) is 7.50. The Labute approximate surface area is 127 Å². The summed E-state index contributed by atoms with van der Waals surface area (Å²) in [6, 6.07) is 3.74. The summed E-state index contributed by atoms with van der Waals surface area (Å²) in [6.07, 6.45) is 1.56. The third-order valence-corrected chi connectivity index (χ3v) is 6.97. The van der Waals surface area contributed by atoms with Crippen molar-refractivity contribution >= 4 is 23.5 Å². The van der Waals surface area contributed by atoms with Crippen molar-refractivity contribution < 1.29 is 8.78 Å². The number of hydrazine groups is 1. The van der Waals surface area contributed by atoms with E-state index in [2.05, 4.69) is 12.3 Å². The molecule has 1 saturated heterocycles. The molecular weight excluding hydrogens is 298 g/mol. The van der Waals surface area contributed by atoms with Crippen molar-refractivity contribution in [2.24, 2.45) is 5.84 Å². The van der Waals surface area contributed by atoms with Gasteiger partial charge in [-0.1, -0.05) is 13.0 Å². The van der Waals surface area contributed by atoms with Gasteiger partial charge in [0.1, 0.15) is 11.6 Å². The van der Waals surface area contributed by atoms with Crippen LogP contribution < -0.4 is 11.3 Å². The Morgan fingerprint density at radius 2 is 2.10 bits per heavy atom. The Morgan fingerprint density at radius 3 is 2.75 bits per heavy atom. The third kappa shape index (κ3) is 3.87. The maximum atomic E-state index is 13.8. The quantitative estimate of drug-likeness (QED) is 0.647. The van der Waals surface area contributed by atoms with Crippen LogP contribution in [0.5, 0.6) is 0 Å². The minimum absolute atomic E-state index is 0.00212. The van der Waals surface area contributed by atoms with Crippen molar-refractivity contribution in [2.45, 2.75) is 36.3 Å². The van der Waals surface area contributed by atoms with Crippen molar-refractivity contribution in [1.29, 1.82) is 0 Å². The minimum atomic E-state index is -0.544. The first-order valence-electron chi connectivity index (χ1n) is 6.79. The lowest BCUT2D eigenvalue weighted by molar-refractivity contribution is 0.477. The van der Waals surface area contributed by atoms with Gasteiger partial charge in [-0.15, -0.1) is 0 Å². The van der Waals surface area contributed by atoms with E-state index < -0.39 is 11.6 Å². The van der Waals surface area contributed by atoms with Crippen LogP contribution in [0.2, 0.25) is 0 Å². The molecule has 0 spiro atoms. The zero-order valence-electron chi connectivity index (χ0n) is 11.4. The molecule has 1 aliphatic heterocycles. The van der Waals surface area contributed by atoms with Crippen LogP contribution >= 0.6 is 23.5 Å². The smallest absolute Gasteiger partial charge is 0.129 e. The van der Waals surface area contributed by atoms with Crippen molar-refractivity contribution in [3.8, 4) is 0 Å². The topological polar surface area (TPSA) is 38.0 Å². The fraction of sp³-hybridized carbons (Fsp3) is 0.571. The number of hydrogen-bond acceptors (Lipinski definition) is 4. The highest BCUT2D eigenvalue weighted by Crippen LogP contribution is 2.36. The molecule has 20 heavy (non-hydrogen) atoms. The fourth-order valence-electron chi connectivity index (χ4n) is 2.51. The van der Waals surface area contributed by atoms with Crippen LogP contribution in [0.1, 0.15) is 18.9 Å². The number of rotatable bonds is 5. The SMILES string of the molecule is CCC1SCCSC1C(Cc1ccc(F)cc1F)NN. The Kier molecular flexibility index (Phi) is 6.14. The highest BCUT2D eigenvalue weighted by atomic mass is 32.2. The summed E-state index contributed by atoms with van der Waals surface area (Å²) in [4.78, 5) is 0. The summed E-state index contributed by atoms with van der Waals surface area (Å²) in [6.45, 7) is 2.17. The molecule has 1 aliphatic rings. The zero-order chi connectivity index (χ0) is 14.5. The molecule has 1 heterocycles. The standard InChI is InChI=1S/C14H20F2N2S2/c1-2-13-14(20-6-5-19-13)12(18-17)7-9-3-4-10(15)8-11(9)16/h3-4,8,12-14,18H,2,5-7,17H2,1H3. The van der Waals surface area contributed by atoms with Crippen molar-refractivity contribution in [2.75, 3.05) is 11.5 Å². The third-order valence-electron chi connectivity index (χ3n) is 3.56. The first kappa shape index (κ1) is 16.1. The minimum Gasteiger partial charge on any atom is -0.271 e. The van der Waals surface area contributed by atoms with E-state index >= 15 is 0 Å². The summed E-state index contributed by atoms with van der Waals surface area (Å²) < 4.78 is 26.7. The number of hydrogen-bond donors (Lipinski definition) is 2. The van der Waals surface area contributed by atoms with Gasteiger partial charge in [-0.05, 0) is 24.5 Å². The molecule has 3 N–H and O–H groups in total. The van der Waals surface area contributed by atoms with Crippen molar-refractivity contribution in [3.05, 3.63) is 35.4 Å². The number of nitrogens with one attached hydrogen (secondary N) is 1. The predicted octanol–water partition coefficient (Wildman–Crippen LogP) is 2.97. The molecule has 3 unspecified atom stereocenters. The van der Waals surface area contributed by atoms with Crippen LogP contribution in [0.15, 0.2) is 18.2 Å². The number of nitrogens with two attached hydrogens (primary N) is 1. The van der Waals surface area contributed by atoms with E-state index in [0.29, 0.717) is 22.5 Å². The molecule has 1 fully saturated rings. The average molecular weight is 318 g/mol. The van der Waals surface area contributed by atoms with E-state index in [-0.39, 0.29) is 6.04 Å². The molecule has 2 rings (SSSR count). The largest absolute Gasteiger partial charge is 0.271 e. The Morgan fingerprint density at radius 1 is 1.35 bits per heavy atom. The van der Waals surface area contributed by atoms with E-state index in [1.54, 1.807) is 0 Å². The number of benzene rings is 1. The van der Waals surface area contributed by atoms with Gasteiger partial charge in [0, 0.05) is 34.1 Å². The summed E-state index contributed by atoms with van der Waals surface area (Å²) in [5.74, 6) is 6.89. The van der Waals surface area contributed by atoms with E-state index in [9.17, 15) is 8.78 Å². The summed E-state index contributed by atoms with van der Waals surface area (Å²) in [5.41, 5.74) is 3.35. The summed E-state index contributed by atoms with van der Waals surface area (Å²) in [7, 11) is 0. The second-order valence-electron chi connectivity index (χ2n) is 4.87. The van der Waals surface area contributed by atoms with Gasteiger partial charge < -0.3 is 0 Å². The normalized spacial score (nSPS) is 24.6.